The van der Waals surface area contributed by atoms with Gasteiger partial charge in [0.25, 0.3) is 5.91 Å². The molecule has 22 heavy (non-hydrogen) atoms. The van der Waals surface area contributed by atoms with Crippen LogP contribution in [0.3, 0.4) is 0 Å². The molecule has 1 unspecified atom stereocenters. The first-order chi connectivity index (χ1) is 10.3. The van der Waals surface area contributed by atoms with E-state index in [4.69, 9.17) is 0 Å². The fourth-order valence-electron chi connectivity index (χ4n) is 2.77. The van der Waals surface area contributed by atoms with Gasteiger partial charge in [-0.05, 0) is 24.3 Å². The monoisotopic (exact) mass is 306 g/mol. The maximum absolute atomic E-state index is 12.6. The maximum atomic E-state index is 12.6. The molecule has 0 radical (unpaired) electrons. The molecule has 2 N–H and O–H groups in total. The molecular formula is C16H26N4O2. The molecule has 0 saturated carbocycles. The third-order valence-corrected chi connectivity index (χ3v) is 3.74. The van der Waals surface area contributed by atoms with E-state index < -0.39 is 5.60 Å². The fourth-order valence-corrected chi connectivity index (χ4v) is 2.77. The van der Waals surface area contributed by atoms with Gasteiger partial charge in [-0.1, -0.05) is 20.8 Å². The van der Waals surface area contributed by atoms with Crippen LogP contribution in [-0.4, -0.2) is 51.1 Å². The van der Waals surface area contributed by atoms with Crippen LogP contribution in [0.25, 0.3) is 0 Å². The third-order valence-electron chi connectivity index (χ3n) is 3.74. The molecule has 0 spiro atoms. The molecule has 0 aromatic carbocycles. The van der Waals surface area contributed by atoms with E-state index in [0.717, 1.165) is 18.7 Å². The highest BCUT2D eigenvalue weighted by atomic mass is 16.3. The number of nitrogens with zero attached hydrogens (tertiary/aromatic N) is 3. The second kappa shape index (κ2) is 6.71. The standard InChI is InChI=1S/C16H26N4O2/c1-15(2,3)11-20-8-4-6-16(22,14(20)21)10-18-9-13-5-7-17-12-19-13/h5,7,12,18,22H,4,6,8-11H2,1-3H3. The lowest BCUT2D eigenvalue weighted by atomic mass is 9.88. The minimum atomic E-state index is -1.31. The van der Waals surface area contributed by atoms with Crippen molar-refractivity contribution in [1.29, 1.82) is 0 Å². The summed E-state index contributed by atoms with van der Waals surface area (Å²) in [5, 5.41) is 13.8. The summed E-state index contributed by atoms with van der Waals surface area (Å²) in [7, 11) is 0. The summed E-state index contributed by atoms with van der Waals surface area (Å²) >= 11 is 0. The van der Waals surface area contributed by atoms with Crippen LogP contribution < -0.4 is 5.32 Å². The Hall–Kier alpha value is -1.53. The van der Waals surface area contributed by atoms with E-state index in [0.29, 0.717) is 19.5 Å². The second-order valence-corrected chi connectivity index (χ2v) is 7.23. The molecule has 1 fully saturated rings. The Morgan fingerprint density at radius 3 is 2.86 bits per heavy atom. The van der Waals surface area contributed by atoms with Gasteiger partial charge in [-0.3, -0.25) is 4.79 Å². The zero-order valence-electron chi connectivity index (χ0n) is 13.7. The largest absolute Gasteiger partial charge is 0.379 e. The summed E-state index contributed by atoms with van der Waals surface area (Å²) in [5.74, 6) is -0.163. The Morgan fingerprint density at radius 1 is 1.45 bits per heavy atom. The van der Waals surface area contributed by atoms with Gasteiger partial charge in [0, 0.05) is 32.4 Å². The van der Waals surface area contributed by atoms with E-state index in [1.165, 1.54) is 6.33 Å². The molecule has 1 amide bonds. The van der Waals surface area contributed by atoms with Crippen molar-refractivity contribution >= 4 is 5.91 Å². The SMILES string of the molecule is CC(C)(C)CN1CCCC(O)(CNCc2ccncn2)C1=O. The summed E-state index contributed by atoms with van der Waals surface area (Å²) in [5.41, 5.74) is -0.438. The number of hydrogen-bond acceptors (Lipinski definition) is 5. The van der Waals surface area contributed by atoms with E-state index in [2.05, 4.69) is 36.1 Å². The molecule has 6 heteroatoms. The first kappa shape index (κ1) is 16.8. The highest BCUT2D eigenvalue weighted by Crippen LogP contribution is 2.25. The number of piperidine rings is 1. The van der Waals surface area contributed by atoms with Gasteiger partial charge in [-0.15, -0.1) is 0 Å². The predicted octanol–water partition coefficient (Wildman–Crippen LogP) is 0.966. The van der Waals surface area contributed by atoms with Gasteiger partial charge >= 0.3 is 0 Å². The van der Waals surface area contributed by atoms with Gasteiger partial charge in [0.1, 0.15) is 6.33 Å². The van der Waals surface area contributed by atoms with Crippen molar-refractivity contribution < 1.29 is 9.90 Å². The van der Waals surface area contributed by atoms with Gasteiger partial charge in [0.2, 0.25) is 0 Å². The van der Waals surface area contributed by atoms with Crippen molar-refractivity contribution in [1.82, 2.24) is 20.2 Å². The van der Waals surface area contributed by atoms with Crippen LogP contribution in [0.5, 0.6) is 0 Å². The number of rotatable bonds is 5. The molecule has 1 saturated heterocycles. The summed E-state index contributed by atoms with van der Waals surface area (Å²) < 4.78 is 0. The number of aliphatic hydroxyl groups is 1. The van der Waals surface area contributed by atoms with Crippen molar-refractivity contribution in [3.8, 4) is 0 Å². The minimum Gasteiger partial charge on any atom is -0.379 e. The molecule has 1 aromatic rings. The average Bonchev–Trinajstić information content (AvgIpc) is 2.44. The van der Waals surface area contributed by atoms with Crippen molar-refractivity contribution in [2.75, 3.05) is 19.6 Å². The average molecular weight is 306 g/mol. The number of aromatic nitrogens is 2. The normalized spacial score (nSPS) is 22.9. The maximum Gasteiger partial charge on any atom is 0.255 e. The molecule has 0 bridgehead atoms. The number of nitrogens with one attached hydrogen (secondary N) is 1. The molecule has 0 aliphatic carbocycles. The van der Waals surface area contributed by atoms with Gasteiger partial charge < -0.3 is 15.3 Å². The van der Waals surface area contributed by atoms with E-state index >= 15 is 0 Å². The third kappa shape index (κ3) is 4.48. The smallest absolute Gasteiger partial charge is 0.255 e. The van der Waals surface area contributed by atoms with Gasteiger partial charge in [-0.25, -0.2) is 9.97 Å². The number of carbonyl (C=O) groups is 1. The molecule has 6 nitrogen and oxygen atoms in total. The van der Waals surface area contributed by atoms with Gasteiger partial charge in [-0.2, -0.15) is 0 Å². The Labute approximate surface area is 132 Å². The molecule has 2 rings (SSSR count). The summed E-state index contributed by atoms with van der Waals surface area (Å²) in [4.78, 5) is 22.3. The molecular weight excluding hydrogens is 280 g/mol. The minimum absolute atomic E-state index is 0.0301. The lowest BCUT2D eigenvalue weighted by Crippen LogP contribution is -2.59. The Kier molecular flexibility index (Phi) is 5.13. The molecule has 2 heterocycles. The van der Waals surface area contributed by atoms with E-state index in [9.17, 15) is 9.90 Å². The second-order valence-electron chi connectivity index (χ2n) is 7.23. The molecule has 1 atom stereocenters. The van der Waals surface area contributed by atoms with Crippen LogP contribution in [0, 0.1) is 5.41 Å². The quantitative estimate of drug-likeness (QED) is 0.847. The number of likely N-dealkylation sites (tertiary alicyclic amines) is 1. The molecule has 1 aliphatic rings. The number of carbonyl (C=O) groups excluding carboxylic acids is 1. The highest BCUT2D eigenvalue weighted by molar-refractivity contribution is 5.86. The van der Waals surface area contributed by atoms with Crippen molar-refractivity contribution in [3.63, 3.8) is 0 Å². The lowest BCUT2D eigenvalue weighted by Gasteiger charge is -2.40. The molecule has 1 aliphatic heterocycles. The summed E-state index contributed by atoms with van der Waals surface area (Å²) in [6.07, 6.45) is 4.49. The van der Waals surface area contributed by atoms with Crippen molar-refractivity contribution in [2.24, 2.45) is 5.41 Å². The van der Waals surface area contributed by atoms with Crippen molar-refractivity contribution in [3.05, 3.63) is 24.3 Å². The number of hydrogen-bond donors (Lipinski definition) is 2. The van der Waals surface area contributed by atoms with E-state index in [-0.39, 0.29) is 17.9 Å². The fraction of sp³-hybridized carbons (Fsp3) is 0.688. The summed E-state index contributed by atoms with van der Waals surface area (Å²) in [6, 6.07) is 1.81. The van der Waals surface area contributed by atoms with E-state index in [1.807, 2.05) is 6.07 Å². The predicted molar refractivity (Wildman–Crippen MR) is 84.0 cm³/mol. The molecule has 122 valence electrons. The first-order valence-electron chi connectivity index (χ1n) is 7.78. The van der Waals surface area contributed by atoms with Crippen LogP contribution in [0.2, 0.25) is 0 Å². The van der Waals surface area contributed by atoms with E-state index in [1.54, 1.807) is 11.1 Å². The van der Waals surface area contributed by atoms with Crippen LogP contribution >= 0.6 is 0 Å². The lowest BCUT2D eigenvalue weighted by molar-refractivity contribution is -0.158. The molecule has 1 aromatic heterocycles. The Morgan fingerprint density at radius 2 is 2.23 bits per heavy atom. The van der Waals surface area contributed by atoms with Crippen LogP contribution in [-0.2, 0) is 11.3 Å². The summed E-state index contributed by atoms with van der Waals surface area (Å²) in [6.45, 7) is 8.45. The zero-order chi connectivity index (χ0) is 16.2. The Balaban J connectivity index is 1.92. The van der Waals surface area contributed by atoms with Gasteiger partial charge in [0.15, 0.2) is 5.60 Å². The van der Waals surface area contributed by atoms with Gasteiger partial charge in [0.05, 0.1) is 5.69 Å². The topological polar surface area (TPSA) is 78.3 Å². The first-order valence-corrected chi connectivity index (χ1v) is 7.78. The Bertz CT molecular complexity index is 501. The zero-order valence-corrected chi connectivity index (χ0v) is 13.7. The van der Waals surface area contributed by atoms with Crippen LogP contribution in [0.15, 0.2) is 18.6 Å². The van der Waals surface area contributed by atoms with Crippen LogP contribution in [0.4, 0.5) is 0 Å². The highest BCUT2D eigenvalue weighted by Gasteiger charge is 2.42. The number of amides is 1. The van der Waals surface area contributed by atoms with Crippen LogP contribution in [0.1, 0.15) is 39.3 Å². The van der Waals surface area contributed by atoms with Crippen molar-refractivity contribution in [2.45, 2.75) is 45.8 Å².